The Bertz CT molecular complexity index is 627. The number of hydrogen-bond donors (Lipinski definition) is 2. The fourth-order valence-electron chi connectivity index (χ4n) is 1.48. The van der Waals surface area contributed by atoms with Gasteiger partial charge in [-0.15, -0.1) is 0 Å². The monoisotopic (exact) mass is 266 g/mol. The lowest BCUT2D eigenvalue weighted by atomic mass is 10.2. The third-order valence-electron chi connectivity index (χ3n) is 2.47. The number of carbonyl (C=O) groups excluding carboxylic acids is 1. The number of rotatable bonds is 2. The van der Waals surface area contributed by atoms with Crippen molar-refractivity contribution in [2.24, 2.45) is 0 Å². The first-order valence-electron chi connectivity index (χ1n) is 5.29. The van der Waals surface area contributed by atoms with E-state index < -0.39 is 29.0 Å². The highest BCUT2D eigenvalue weighted by Gasteiger charge is 2.15. The van der Waals surface area contributed by atoms with Gasteiger partial charge in [0.15, 0.2) is 11.6 Å². The lowest BCUT2D eigenvalue weighted by Crippen LogP contribution is -2.15. The fourth-order valence-corrected chi connectivity index (χ4v) is 1.48. The van der Waals surface area contributed by atoms with E-state index in [-0.39, 0.29) is 11.3 Å². The maximum Gasteiger partial charge on any atom is 0.255 e. The highest BCUT2D eigenvalue weighted by atomic mass is 19.2. The number of amides is 1. The van der Waals surface area contributed by atoms with Crippen LogP contribution in [0.1, 0.15) is 10.4 Å². The molecule has 0 saturated heterocycles. The molecule has 0 aliphatic carbocycles. The zero-order valence-corrected chi connectivity index (χ0v) is 9.58. The van der Waals surface area contributed by atoms with Crippen LogP contribution in [0.5, 0.6) is 0 Å². The Morgan fingerprint density at radius 1 is 1.00 bits per heavy atom. The molecule has 2 aromatic rings. The van der Waals surface area contributed by atoms with Crippen LogP contribution in [0.25, 0.3) is 0 Å². The summed E-state index contributed by atoms with van der Waals surface area (Å²) in [6.45, 7) is 0. The smallest absolute Gasteiger partial charge is 0.255 e. The number of anilines is 2. The van der Waals surface area contributed by atoms with E-state index in [2.05, 4.69) is 5.32 Å². The van der Waals surface area contributed by atoms with Crippen molar-refractivity contribution < 1.29 is 18.0 Å². The van der Waals surface area contributed by atoms with Crippen LogP contribution in [0, 0.1) is 17.5 Å². The van der Waals surface area contributed by atoms with E-state index in [1.807, 2.05) is 0 Å². The van der Waals surface area contributed by atoms with Gasteiger partial charge in [-0.3, -0.25) is 4.79 Å². The normalized spacial score (nSPS) is 10.3. The van der Waals surface area contributed by atoms with Crippen molar-refractivity contribution in [3.63, 3.8) is 0 Å². The van der Waals surface area contributed by atoms with E-state index in [0.29, 0.717) is 0 Å². The van der Waals surface area contributed by atoms with Crippen LogP contribution in [0.2, 0.25) is 0 Å². The first-order chi connectivity index (χ1) is 8.99. The van der Waals surface area contributed by atoms with Gasteiger partial charge in [0.05, 0.1) is 5.69 Å². The van der Waals surface area contributed by atoms with Crippen molar-refractivity contribution >= 4 is 17.3 Å². The van der Waals surface area contributed by atoms with E-state index >= 15 is 0 Å². The Morgan fingerprint density at radius 3 is 2.26 bits per heavy atom. The Morgan fingerprint density at radius 2 is 1.63 bits per heavy atom. The maximum absolute atomic E-state index is 13.5. The second kappa shape index (κ2) is 5.01. The van der Waals surface area contributed by atoms with Crippen LogP contribution in [-0.4, -0.2) is 5.91 Å². The summed E-state index contributed by atoms with van der Waals surface area (Å²) in [5, 5.41) is 2.15. The summed E-state index contributed by atoms with van der Waals surface area (Å²) in [7, 11) is 0. The fraction of sp³-hybridized carbons (Fsp3) is 0. The van der Waals surface area contributed by atoms with Gasteiger partial charge in [0.2, 0.25) is 0 Å². The summed E-state index contributed by atoms with van der Waals surface area (Å²) >= 11 is 0. The van der Waals surface area contributed by atoms with Crippen LogP contribution in [0.15, 0.2) is 36.4 Å². The van der Waals surface area contributed by atoms with Gasteiger partial charge < -0.3 is 11.1 Å². The molecule has 0 bridgehead atoms. The standard InChI is InChI=1S/C13H9F3N2O/c14-8-3-1-7(2-4-8)13(19)18-12-10(17)6-5-9(15)11(12)16/h1-6H,17H2,(H,18,19). The molecule has 0 atom stereocenters. The van der Waals surface area contributed by atoms with E-state index in [1.165, 1.54) is 12.1 Å². The molecular formula is C13H9F3N2O. The van der Waals surface area contributed by atoms with Crippen LogP contribution < -0.4 is 11.1 Å². The third-order valence-corrected chi connectivity index (χ3v) is 2.47. The summed E-state index contributed by atoms with van der Waals surface area (Å²) < 4.78 is 39.2. The molecule has 3 nitrogen and oxygen atoms in total. The minimum Gasteiger partial charge on any atom is -0.397 e. The molecule has 1 amide bonds. The number of hydrogen-bond acceptors (Lipinski definition) is 2. The molecule has 2 rings (SSSR count). The average molecular weight is 266 g/mol. The maximum atomic E-state index is 13.5. The molecule has 6 heteroatoms. The molecule has 3 N–H and O–H groups in total. The number of carbonyl (C=O) groups is 1. The Balaban J connectivity index is 2.29. The molecule has 0 heterocycles. The SMILES string of the molecule is Nc1ccc(F)c(F)c1NC(=O)c1ccc(F)cc1. The summed E-state index contributed by atoms with van der Waals surface area (Å²) in [6, 6.07) is 6.60. The summed E-state index contributed by atoms with van der Waals surface area (Å²) in [5.74, 6) is -3.58. The molecule has 2 aromatic carbocycles. The summed E-state index contributed by atoms with van der Waals surface area (Å²) in [5.41, 5.74) is 5.02. The minimum absolute atomic E-state index is 0.101. The highest BCUT2D eigenvalue weighted by molar-refractivity contribution is 6.05. The second-order valence-corrected chi connectivity index (χ2v) is 3.79. The highest BCUT2D eigenvalue weighted by Crippen LogP contribution is 2.25. The molecule has 0 radical (unpaired) electrons. The lowest BCUT2D eigenvalue weighted by molar-refractivity contribution is 0.102. The van der Waals surface area contributed by atoms with E-state index in [9.17, 15) is 18.0 Å². The van der Waals surface area contributed by atoms with E-state index in [4.69, 9.17) is 5.73 Å². The van der Waals surface area contributed by atoms with Crippen LogP contribution in [-0.2, 0) is 0 Å². The Hall–Kier alpha value is -2.50. The molecule has 0 unspecified atom stereocenters. The van der Waals surface area contributed by atoms with Crippen molar-refractivity contribution in [3.8, 4) is 0 Å². The van der Waals surface area contributed by atoms with Gasteiger partial charge >= 0.3 is 0 Å². The Kier molecular flexibility index (Phi) is 3.41. The molecule has 0 aliphatic rings. The van der Waals surface area contributed by atoms with Gasteiger partial charge in [0, 0.05) is 5.56 Å². The van der Waals surface area contributed by atoms with Crippen molar-refractivity contribution in [2.75, 3.05) is 11.1 Å². The van der Waals surface area contributed by atoms with Crippen LogP contribution >= 0.6 is 0 Å². The summed E-state index contributed by atoms with van der Waals surface area (Å²) in [6.07, 6.45) is 0. The molecule has 0 fully saturated rings. The van der Waals surface area contributed by atoms with Crippen molar-refractivity contribution in [2.45, 2.75) is 0 Å². The zero-order valence-electron chi connectivity index (χ0n) is 9.58. The van der Waals surface area contributed by atoms with Crippen molar-refractivity contribution in [1.82, 2.24) is 0 Å². The van der Waals surface area contributed by atoms with Gasteiger partial charge in [-0.05, 0) is 36.4 Å². The third kappa shape index (κ3) is 2.67. The molecule has 0 aromatic heterocycles. The Labute approximate surface area is 106 Å². The second-order valence-electron chi connectivity index (χ2n) is 3.79. The van der Waals surface area contributed by atoms with Gasteiger partial charge in [-0.2, -0.15) is 0 Å². The van der Waals surface area contributed by atoms with Crippen LogP contribution in [0.3, 0.4) is 0 Å². The quantitative estimate of drug-likeness (QED) is 0.821. The molecule has 19 heavy (non-hydrogen) atoms. The minimum atomic E-state index is -1.24. The number of benzene rings is 2. The molecule has 98 valence electrons. The van der Waals surface area contributed by atoms with Crippen molar-refractivity contribution in [3.05, 3.63) is 59.4 Å². The van der Waals surface area contributed by atoms with Gasteiger partial charge in [-0.25, -0.2) is 13.2 Å². The first kappa shape index (κ1) is 12.9. The van der Waals surface area contributed by atoms with Crippen LogP contribution in [0.4, 0.5) is 24.5 Å². The molecule has 0 aliphatic heterocycles. The van der Waals surface area contributed by atoms with Gasteiger partial charge in [0.25, 0.3) is 5.91 Å². The predicted molar refractivity (Wildman–Crippen MR) is 65.1 cm³/mol. The predicted octanol–water partition coefficient (Wildman–Crippen LogP) is 2.94. The molecule has 0 saturated carbocycles. The zero-order chi connectivity index (χ0) is 14.0. The largest absolute Gasteiger partial charge is 0.397 e. The number of nitrogen functional groups attached to an aromatic ring is 1. The number of nitrogens with one attached hydrogen (secondary N) is 1. The molecular weight excluding hydrogens is 257 g/mol. The van der Waals surface area contributed by atoms with Gasteiger partial charge in [-0.1, -0.05) is 0 Å². The number of nitrogens with two attached hydrogens (primary N) is 1. The van der Waals surface area contributed by atoms with E-state index in [1.54, 1.807) is 0 Å². The average Bonchev–Trinajstić information content (AvgIpc) is 2.40. The van der Waals surface area contributed by atoms with Crippen molar-refractivity contribution in [1.29, 1.82) is 0 Å². The topological polar surface area (TPSA) is 55.1 Å². The first-order valence-corrected chi connectivity index (χ1v) is 5.29. The molecule has 0 spiro atoms. The lowest BCUT2D eigenvalue weighted by Gasteiger charge is -2.09. The number of halogens is 3. The van der Waals surface area contributed by atoms with Gasteiger partial charge in [0.1, 0.15) is 11.5 Å². The summed E-state index contributed by atoms with van der Waals surface area (Å²) in [4.78, 5) is 11.8. The van der Waals surface area contributed by atoms with E-state index in [0.717, 1.165) is 24.3 Å².